The van der Waals surface area contributed by atoms with Gasteiger partial charge in [0.15, 0.2) is 0 Å². The van der Waals surface area contributed by atoms with Gasteiger partial charge >= 0.3 is 5.97 Å². The van der Waals surface area contributed by atoms with Gasteiger partial charge in [0.2, 0.25) is 0 Å². The van der Waals surface area contributed by atoms with Crippen LogP contribution in [0, 0.1) is 0 Å². The van der Waals surface area contributed by atoms with E-state index in [1.165, 1.54) is 22.4 Å². The van der Waals surface area contributed by atoms with Gasteiger partial charge in [0.05, 0.1) is 12.0 Å². The molecule has 0 N–H and O–H groups in total. The molecule has 1 aliphatic rings. The summed E-state index contributed by atoms with van der Waals surface area (Å²) in [6.45, 7) is 4.99. The van der Waals surface area contributed by atoms with E-state index in [0.29, 0.717) is 13.2 Å². The fraction of sp³-hybridized carbons (Fsp3) is 0.208. The van der Waals surface area contributed by atoms with Crippen LogP contribution >= 0.6 is 0 Å². The number of hydrogen-bond acceptors (Lipinski definition) is 3. The van der Waals surface area contributed by atoms with E-state index < -0.39 is 0 Å². The van der Waals surface area contributed by atoms with Gasteiger partial charge in [-0.25, -0.2) is 4.79 Å². The van der Waals surface area contributed by atoms with Crippen molar-refractivity contribution < 1.29 is 14.3 Å². The molecule has 0 saturated heterocycles. The average Bonchev–Trinajstić information content (AvgIpc) is 3.04. The van der Waals surface area contributed by atoms with E-state index in [0.717, 1.165) is 16.9 Å². The molecule has 3 heteroatoms. The number of carbonyl (C=O) groups is 1. The summed E-state index contributed by atoms with van der Waals surface area (Å²) in [5, 5.41) is 2.46. The number of ether oxygens (including phenoxy) is 2. The normalized spacial score (nSPS) is 18.4. The molecule has 3 aromatic carbocycles. The zero-order valence-corrected chi connectivity index (χ0v) is 15.6. The van der Waals surface area contributed by atoms with Gasteiger partial charge in [0.25, 0.3) is 0 Å². The first-order valence-corrected chi connectivity index (χ1v) is 9.21. The van der Waals surface area contributed by atoms with Crippen molar-refractivity contribution in [2.24, 2.45) is 0 Å². The Hall–Kier alpha value is -3.07. The summed E-state index contributed by atoms with van der Waals surface area (Å²) in [5.41, 5.74) is 3.10. The van der Waals surface area contributed by atoms with Gasteiger partial charge in [0, 0.05) is 11.6 Å². The number of fused-ring (bicyclic) bond motifs is 2. The fourth-order valence-electron chi connectivity index (χ4n) is 3.63. The van der Waals surface area contributed by atoms with Crippen LogP contribution in [0.25, 0.3) is 16.8 Å². The third-order valence-corrected chi connectivity index (χ3v) is 5.20. The number of esters is 1. The van der Waals surface area contributed by atoms with Crippen molar-refractivity contribution in [3.63, 3.8) is 0 Å². The molecule has 3 aromatic rings. The third kappa shape index (κ3) is 3.21. The van der Waals surface area contributed by atoms with E-state index in [1.54, 1.807) is 13.0 Å². The summed E-state index contributed by atoms with van der Waals surface area (Å²) >= 11 is 0. The summed E-state index contributed by atoms with van der Waals surface area (Å²) in [6.07, 6.45) is 3.26. The molecule has 1 unspecified atom stereocenters. The van der Waals surface area contributed by atoms with E-state index >= 15 is 0 Å². The Morgan fingerprint density at radius 3 is 2.74 bits per heavy atom. The second-order valence-electron chi connectivity index (χ2n) is 7.02. The van der Waals surface area contributed by atoms with Crippen molar-refractivity contribution in [2.45, 2.75) is 19.3 Å². The summed E-state index contributed by atoms with van der Waals surface area (Å²) in [6, 6.07) is 21.0. The van der Waals surface area contributed by atoms with E-state index in [-0.39, 0.29) is 11.4 Å². The van der Waals surface area contributed by atoms with Crippen molar-refractivity contribution in [1.29, 1.82) is 0 Å². The largest absolute Gasteiger partial charge is 0.492 e. The molecule has 27 heavy (non-hydrogen) atoms. The molecule has 4 rings (SSSR count). The molecule has 136 valence electrons. The Morgan fingerprint density at radius 1 is 1.11 bits per heavy atom. The highest BCUT2D eigenvalue weighted by atomic mass is 16.5. The monoisotopic (exact) mass is 358 g/mol. The third-order valence-electron chi connectivity index (χ3n) is 5.20. The molecule has 0 saturated carbocycles. The smallest absolute Gasteiger partial charge is 0.330 e. The van der Waals surface area contributed by atoms with E-state index in [2.05, 4.69) is 55.5 Å². The Morgan fingerprint density at radius 2 is 1.93 bits per heavy atom. The van der Waals surface area contributed by atoms with Crippen LogP contribution in [0.5, 0.6) is 5.75 Å². The molecule has 0 radical (unpaired) electrons. The minimum Gasteiger partial charge on any atom is -0.492 e. The van der Waals surface area contributed by atoms with Crippen molar-refractivity contribution in [3.8, 4) is 5.75 Å². The molecule has 0 amide bonds. The standard InChI is InChI=1S/C24H22O3/c1-3-26-23(25)13-9-17-8-12-22-21(14-17)24(2,16-27-22)20-11-10-18-6-4-5-7-19(18)15-20/h4-15H,3,16H2,1-2H3/b13-9+. The van der Waals surface area contributed by atoms with Crippen molar-refractivity contribution >= 4 is 22.8 Å². The zero-order chi connectivity index (χ0) is 18.9. The van der Waals surface area contributed by atoms with Crippen LogP contribution in [0.1, 0.15) is 30.5 Å². The summed E-state index contributed by atoms with van der Waals surface area (Å²) in [4.78, 5) is 11.6. The van der Waals surface area contributed by atoms with Gasteiger partial charge in [-0.3, -0.25) is 0 Å². The van der Waals surface area contributed by atoms with Crippen LogP contribution in [-0.2, 0) is 14.9 Å². The van der Waals surface area contributed by atoms with Gasteiger partial charge < -0.3 is 9.47 Å². The average molecular weight is 358 g/mol. The minimum atomic E-state index is -0.327. The molecule has 0 spiro atoms. The first-order valence-electron chi connectivity index (χ1n) is 9.21. The van der Waals surface area contributed by atoms with E-state index in [4.69, 9.17) is 9.47 Å². The molecule has 1 atom stereocenters. The summed E-state index contributed by atoms with van der Waals surface area (Å²) in [7, 11) is 0. The lowest BCUT2D eigenvalue weighted by atomic mass is 9.77. The van der Waals surface area contributed by atoms with Gasteiger partial charge in [-0.05, 0) is 54.0 Å². The van der Waals surface area contributed by atoms with E-state index in [9.17, 15) is 4.79 Å². The van der Waals surface area contributed by atoms with Crippen LogP contribution in [0.4, 0.5) is 0 Å². The minimum absolute atomic E-state index is 0.229. The Labute approximate surface area is 159 Å². The lowest BCUT2D eigenvalue weighted by molar-refractivity contribution is -0.137. The first kappa shape index (κ1) is 17.3. The van der Waals surface area contributed by atoms with Gasteiger partial charge in [0.1, 0.15) is 12.4 Å². The Bertz CT molecular complexity index is 1030. The van der Waals surface area contributed by atoms with Crippen LogP contribution in [0.2, 0.25) is 0 Å². The quantitative estimate of drug-likeness (QED) is 0.480. The molecule has 1 aliphatic heterocycles. The van der Waals surface area contributed by atoms with Gasteiger partial charge in [-0.1, -0.05) is 48.5 Å². The maximum atomic E-state index is 11.6. The molecular weight excluding hydrogens is 336 g/mol. The predicted molar refractivity (Wildman–Crippen MR) is 108 cm³/mol. The molecule has 0 aliphatic carbocycles. The number of carbonyl (C=O) groups excluding carboxylic acids is 1. The van der Waals surface area contributed by atoms with E-state index in [1.807, 2.05) is 12.1 Å². The Kier molecular flexibility index (Phi) is 4.44. The topological polar surface area (TPSA) is 35.5 Å². The summed E-state index contributed by atoms with van der Waals surface area (Å²) in [5.74, 6) is 0.575. The van der Waals surface area contributed by atoms with Crippen molar-refractivity contribution in [1.82, 2.24) is 0 Å². The number of hydrogen-bond donors (Lipinski definition) is 0. The number of rotatable bonds is 4. The molecule has 0 fully saturated rings. The maximum Gasteiger partial charge on any atom is 0.330 e. The van der Waals surface area contributed by atoms with Crippen LogP contribution in [0.15, 0.2) is 66.7 Å². The highest BCUT2D eigenvalue weighted by Gasteiger charge is 2.38. The van der Waals surface area contributed by atoms with Crippen LogP contribution in [-0.4, -0.2) is 19.2 Å². The number of benzene rings is 3. The Balaban J connectivity index is 1.72. The van der Waals surface area contributed by atoms with Crippen molar-refractivity contribution in [2.75, 3.05) is 13.2 Å². The maximum absolute atomic E-state index is 11.6. The zero-order valence-electron chi connectivity index (χ0n) is 15.6. The van der Waals surface area contributed by atoms with Crippen molar-refractivity contribution in [3.05, 3.63) is 83.4 Å². The molecule has 3 nitrogen and oxygen atoms in total. The second-order valence-corrected chi connectivity index (χ2v) is 7.02. The van der Waals surface area contributed by atoms with Gasteiger partial charge in [-0.2, -0.15) is 0 Å². The SMILES string of the molecule is CCOC(=O)/C=C/c1ccc2c(c1)C(C)(c1ccc3ccccc3c1)CO2. The van der Waals surface area contributed by atoms with Gasteiger partial charge in [-0.15, -0.1) is 0 Å². The summed E-state index contributed by atoms with van der Waals surface area (Å²) < 4.78 is 10.9. The van der Waals surface area contributed by atoms with Crippen LogP contribution < -0.4 is 4.74 Å². The fourth-order valence-corrected chi connectivity index (χ4v) is 3.63. The first-order chi connectivity index (χ1) is 13.1. The second kappa shape index (κ2) is 6.92. The molecule has 0 bridgehead atoms. The molecule has 0 aromatic heterocycles. The molecule has 1 heterocycles. The lowest BCUT2D eigenvalue weighted by Gasteiger charge is -2.24. The highest BCUT2D eigenvalue weighted by molar-refractivity contribution is 5.87. The predicted octanol–water partition coefficient (Wildman–Crippen LogP) is 5.11. The van der Waals surface area contributed by atoms with Crippen LogP contribution in [0.3, 0.4) is 0 Å². The lowest BCUT2D eigenvalue weighted by Crippen LogP contribution is -2.25. The molecular formula is C24H22O3. The highest BCUT2D eigenvalue weighted by Crippen LogP contribution is 2.44.